The minimum absolute atomic E-state index is 0.0148. The number of aromatic amines is 1. The normalized spacial score (nSPS) is 9.50. The molecule has 0 fully saturated rings. The molecule has 0 saturated carbocycles. The summed E-state index contributed by atoms with van der Waals surface area (Å²) in [6.07, 6.45) is 0. The molecule has 7 nitrogen and oxygen atoms in total. The van der Waals surface area contributed by atoms with Crippen molar-refractivity contribution in [2.75, 3.05) is 5.32 Å². The smallest absolute Gasteiger partial charge is 0.373 e. The minimum Gasteiger partial charge on any atom is -0.475 e. The van der Waals surface area contributed by atoms with Crippen LogP contribution in [0.25, 0.3) is 0 Å². The molecule has 74 valence electrons. The molecule has 0 saturated heterocycles. The van der Waals surface area contributed by atoms with Crippen molar-refractivity contribution in [3.05, 3.63) is 18.1 Å². The third kappa shape index (κ3) is 2.39. The summed E-state index contributed by atoms with van der Waals surface area (Å²) in [6.45, 7) is 3.35. The summed E-state index contributed by atoms with van der Waals surface area (Å²) < 4.78 is -0.459. The molecule has 1 heterocycles. The Morgan fingerprint density at radius 2 is 2.21 bits per heavy atom. The van der Waals surface area contributed by atoms with Crippen LogP contribution >= 0.6 is 15.9 Å². The van der Waals surface area contributed by atoms with E-state index >= 15 is 0 Å². The number of allylic oxidation sites excluding steroid dienone is 1. The first kappa shape index (κ1) is 10.4. The quantitative estimate of drug-likeness (QED) is 0.533. The Morgan fingerprint density at radius 1 is 1.57 bits per heavy atom. The highest BCUT2D eigenvalue weighted by atomic mass is 79.9. The maximum atomic E-state index is 10.7. The van der Waals surface area contributed by atoms with E-state index in [-0.39, 0.29) is 17.5 Å². The van der Waals surface area contributed by atoms with E-state index in [4.69, 9.17) is 5.11 Å². The van der Waals surface area contributed by atoms with Crippen molar-refractivity contribution < 1.29 is 14.7 Å². The highest BCUT2D eigenvalue weighted by Crippen LogP contribution is 2.05. The number of aromatic carboxylic acids is 1. The van der Waals surface area contributed by atoms with E-state index in [1.165, 1.54) is 0 Å². The van der Waals surface area contributed by atoms with Crippen molar-refractivity contribution in [2.24, 2.45) is 0 Å². The maximum Gasteiger partial charge on any atom is 0.373 e. The van der Waals surface area contributed by atoms with Gasteiger partial charge in [-0.05, 0) is 15.9 Å². The summed E-state index contributed by atoms with van der Waals surface area (Å²) in [5, 5.41) is 16.5. The van der Waals surface area contributed by atoms with Gasteiger partial charge in [-0.2, -0.15) is 4.98 Å². The number of halogens is 1. The Bertz CT molecular complexity index is 400. The zero-order chi connectivity index (χ0) is 10.7. The van der Waals surface area contributed by atoms with Gasteiger partial charge in [0.05, 0.1) is 5.70 Å². The van der Waals surface area contributed by atoms with Crippen LogP contribution in [0.15, 0.2) is 12.3 Å². The van der Waals surface area contributed by atoms with Gasteiger partial charge in [-0.15, -0.1) is 5.10 Å². The second-order valence-electron chi connectivity index (χ2n) is 2.19. The van der Waals surface area contributed by atoms with Gasteiger partial charge in [-0.1, -0.05) is 6.58 Å². The Labute approximate surface area is 86.4 Å². The molecule has 0 aliphatic carbocycles. The van der Waals surface area contributed by atoms with Gasteiger partial charge in [-0.3, -0.25) is 9.89 Å². The lowest BCUT2D eigenvalue weighted by atomic mass is 10.5. The number of carboxylic acids is 1. The molecule has 1 aromatic rings. The van der Waals surface area contributed by atoms with Crippen molar-refractivity contribution in [3.8, 4) is 0 Å². The Kier molecular flexibility index (Phi) is 2.97. The number of carbonyl (C=O) groups excluding carboxylic acids is 1. The molecule has 14 heavy (non-hydrogen) atoms. The fraction of sp³-hybridized carbons (Fsp3) is 0. The Balaban J connectivity index is 2.74. The zero-order valence-corrected chi connectivity index (χ0v) is 8.33. The number of carboxylic acid groups (broad SMARTS) is 1. The molecule has 1 aromatic heterocycles. The van der Waals surface area contributed by atoms with Crippen molar-refractivity contribution in [1.29, 1.82) is 0 Å². The maximum absolute atomic E-state index is 10.7. The van der Waals surface area contributed by atoms with E-state index in [9.17, 15) is 9.59 Å². The van der Waals surface area contributed by atoms with Crippen molar-refractivity contribution >= 4 is 32.5 Å². The van der Waals surface area contributed by atoms with Gasteiger partial charge in [0.15, 0.2) is 0 Å². The third-order valence-electron chi connectivity index (χ3n) is 1.19. The third-order valence-corrected chi connectivity index (χ3v) is 1.67. The Morgan fingerprint density at radius 3 is 2.64 bits per heavy atom. The number of rotatable bonds is 4. The van der Waals surface area contributed by atoms with E-state index in [0.717, 1.165) is 0 Å². The van der Waals surface area contributed by atoms with Gasteiger partial charge in [0.25, 0.3) is 0 Å². The molecule has 0 amide bonds. The minimum atomic E-state index is -1.23. The molecule has 3 N–H and O–H groups in total. The van der Waals surface area contributed by atoms with Crippen LogP contribution in [0.2, 0.25) is 0 Å². The van der Waals surface area contributed by atoms with Crippen LogP contribution in [0.4, 0.5) is 5.95 Å². The lowest BCUT2D eigenvalue weighted by Crippen LogP contribution is -2.05. The fourth-order valence-electron chi connectivity index (χ4n) is 0.597. The molecule has 0 aromatic carbocycles. The first-order chi connectivity index (χ1) is 6.50. The van der Waals surface area contributed by atoms with Gasteiger partial charge in [-0.25, -0.2) is 4.79 Å². The highest BCUT2D eigenvalue weighted by molar-refractivity contribution is 9.18. The van der Waals surface area contributed by atoms with Crippen molar-refractivity contribution in [1.82, 2.24) is 15.2 Å². The second kappa shape index (κ2) is 4.01. The van der Waals surface area contributed by atoms with Gasteiger partial charge < -0.3 is 10.4 Å². The molecule has 0 aliphatic rings. The fourth-order valence-corrected chi connectivity index (χ4v) is 0.697. The lowest BCUT2D eigenvalue weighted by molar-refractivity contribution is -0.107. The van der Waals surface area contributed by atoms with Crippen LogP contribution < -0.4 is 5.32 Å². The van der Waals surface area contributed by atoms with Crippen molar-refractivity contribution in [3.63, 3.8) is 0 Å². The first-order valence-electron chi connectivity index (χ1n) is 3.32. The molecule has 8 heteroatoms. The molecule has 0 unspecified atom stereocenters. The predicted molar refractivity (Wildman–Crippen MR) is 50.0 cm³/mol. The number of anilines is 1. The summed E-state index contributed by atoms with van der Waals surface area (Å²) in [5.41, 5.74) is 0.0148. The van der Waals surface area contributed by atoms with Gasteiger partial charge in [0.1, 0.15) is 0 Å². The molecule has 0 atom stereocenters. The SMILES string of the molecule is C=C(Nc1n[nH]c(C(=O)O)n1)C(=O)Br. The molecule has 0 bridgehead atoms. The summed E-state index contributed by atoms with van der Waals surface area (Å²) in [5.74, 6) is -1.58. The van der Waals surface area contributed by atoms with Crippen LogP contribution in [-0.2, 0) is 4.79 Å². The second-order valence-corrected chi connectivity index (χ2v) is 2.91. The van der Waals surface area contributed by atoms with Crippen LogP contribution in [0.3, 0.4) is 0 Å². The van der Waals surface area contributed by atoms with Gasteiger partial charge in [0.2, 0.25) is 16.5 Å². The van der Waals surface area contributed by atoms with E-state index in [1.807, 2.05) is 0 Å². The summed E-state index contributed by atoms with van der Waals surface area (Å²) in [7, 11) is 0. The number of nitrogens with one attached hydrogen (secondary N) is 2. The molecular formula is C6H5BrN4O3. The van der Waals surface area contributed by atoms with Crippen LogP contribution in [0.5, 0.6) is 0 Å². The number of H-pyrrole nitrogens is 1. The number of aromatic nitrogens is 3. The van der Waals surface area contributed by atoms with Crippen LogP contribution in [0, 0.1) is 0 Å². The van der Waals surface area contributed by atoms with E-state index < -0.39 is 10.7 Å². The predicted octanol–water partition coefficient (Wildman–Crippen LogP) is 0.350. The monoisotopic (exact) mass is 260 g/mol. The molecule has 1 rings (SSSR count). The number of nitrogens with zero attached hydrogens (tertiary/aromatic N) is 2. The van der Waals surface area contributed by atoms with Gasteiger partial charge in [0, 0.05) is 0 Å². The molecular weight excluding hydrogens is 256 g/mol. The van der Waals surface area contributed by atoms with Crippen LogP contribution in [-0.4, -0.2) is 30.9 Å². The molecule has 0 radical (unpaired) electrons. The zero-order valence-electron chi connectivity index (χ0n) is 6.74. The highest BCUT2D eigenvalue weighted by Gasteiger charge is 2.11. The standard InChI is InChI=1S/C6H5BrN4O3/c1-2(3(7)12)8-6-9-4(5(13)14)10-11-6/h1H2,(H,13,14)(H2,8,9,10,11). The lowest BCUT2D eigenvalue weighted by Gasteiger charge is -1.97. The van der Waals surface area contributed by atoms with Crippen molar-refractivity contribution in [2.45, 2.75) is 0 Å². The average molecular weight is 261 g/mol. The Hall–Kier alpha value is -1.70. The first-order valence-corrected chi connectivity index (χ1v) is 4.11. The topological polar surface area (TPSA) is 108 Å². The average Bonchev–Trinajstić information content (AvgIpc) is 2.52. The largest absolute Gasteiger partial charge is 0.475 e. The molecule has 0 aliphatic heterocycles. The van der Waals surface area contributed by atoms with Gasteiger partial charge >= 0.3 is 5.97 Å². The van der Waals surface area contributed by atoms with E-state index in [2.05, 4.69) is 43.0 Å². The summed E-state index contributed by atoms with van der Waals surface area (Å²) >= 11 is 2.65. The molecule has 0 spiro atoms. The van der Waals surface area contributed by atoms with E-state index in [0.29, 0.717) is 0 Å². The van der Waals surface area contributed by atoms with E-state index in [1.54, 1.807) is 0 Å². The number of hydrogen-bond acceptors (Lipinski definition) is 5. The summed E-state index contributed by atoms with van der Waals surface area (Å²) in [4.78, 5) is 24.6. The number of hydrogen-bond donors (Lipinski definition) is 3. The summed E-state index contributed by atoms with van der Waals surface area (Å²) in [6, 6.07) is 0. The number of carbonyl (C=O) groups is 2. The van der Waals surface area contributed by atoms with Crippen LogP contribution in [0.1, 0.15) is 10.6 Å².